The van der Waals surface area contributed by atoms with Crippen molar-refractivity contribution in [2.45, 2.75) is 6.92 Å². The first kappa shape index (κ1) is 20.8. The van der Waals surface area contributed by atoms with Crippen LogP contribution in [0, 0.1) is 0 Å². The third-order valence-corrected chi connectivity index (χ3v) is 4.06. The van der Waals surface area contributed by atoms with Crippen LogP contribution in [0.2, 0.25) is 0 Å². The molecule has 0 bridgehead atoms. The molecule has 0 saturated heterocycles. The molecule has 0 atom stereocenters. The molecule has 0 aromatic carbocycles. The highest BCUT2D eigenvalue weighted by Gasteiger charge is 2.21. The van der Waals surface area contributed by atoms with Gasteiger partial charge in [-0.15, -0.1) is 0 Å². The Bertz CT molecular complexity index is 270. The van der Waals surface area contributed by atoms with E-state index in [1.54, 1.807) is 0 Å². The molecular weight excluding hydrogens is 262 g/mol. The van der Waals surface area contributed by atoms with Gasteiger partial charge in [-0.1, -0.05) is 6.92 Å². The SMILES string of the molecule is CCN(CCN(C)C)N(C)CC[N+](C)(C)CC[N+](C)(C)C. The Morgan fingerprint density at radius 2 is 1.29 bits per heavy atom. The van der Waals surface area contributed by atoms with Crippen molar-refractivity contribution >= 4 is 0 Å². The predicted octanol–water partition coefficient (Wildman–Crippen LogP) is 0.499. The predicted molar refractivity (Wildman–Crippen MR) is 93.2 cm³/mol. The van der Waals surface area contributed by atoms with Gasteiger partial charge in [0.25, 0.3) is 0 Å². The Balaban J connectivity index is 4.21. The van der Waals surface area contributed by atoms with Crippen LogP contribution in [-0.2, 0) is 0 Å². The van der Waals surface area contributed by atoms with E-state index in [9.17, 15) is 0 Å². The highest BCUT2D eigenvalue weighted by Crippen LogP contribution is 2.03. The Morgan fingerprint density at radius 3 is 1.71 bits per heavy atom. The summed E-state index contributed by atoms with van der Waals surface area (Å²) in [6.07, 6.45) is 0. The van der Waals surface area contributed by atoms with Crippen molar-refractivity contribution in [3.8, 4) is 0 Å². The number of hydrogen-bond donors (Lipinski definition) is 0. The smallest absolute Gasteiger partial charge is 0.128 e. The van der Waals surface area contributed by atoms with Gasteiger partial charge in [-0.3, -0.25) is 0 Å². The largest absolute Gasteiger partial charge is 0.326 e. The van der Waals surface area contributed by atoms with Crippen molar-refractivity contribution in [2.24, 2.45) is 0 Å². The summed E-state index contributed by atoms with van der Waals surface area (Å²) in [7, 11) is 18.0. The summed E-state index contributed by atoms with van der Waals surface area (Å²) in [5.74, 6) is 0. The molecule has 128 valence electrons. The molecule has 0 aliphatic carbocycles. The van der Waals surface area contributed by atoms with Crippen LogP contribution in [0.5, 0.6) is 0 Å². The fraction of sp³-hybridized carbons (Fsp3) is 1.00. The van der Waals surface area contributed by atoms with Gasteiger partial charge in [-0.05, 0) is 14.1 Å². The van der Waals surface area contributed by atoms with Crippen LogP contribution in [0.4, 0.5) is 0 Å². The van der Waals surface area contributed by atoms with Crippen LogP contribution >= 0.6 is 0 Å². The summed E-state index contributed by atoms with van der Waals surface area (Å²) >= 11 is 0. The first-order valence-electron chi connectivity index (χ1n) is 8.20. The molecule has 0 rings (SSSR count). The molecule has 0 aromatic heterocycles. The highest BCUT2D eigenvalue weighted by atomic mass is 15.6. The van der Waals surface area contributed by atoms with Crippen LogP contribution in [0.3, 0.4) is 0 Å². The van der Waals surface area contributed by atoms with E-state index in [1.165, 1.54) is 19.6 Å². The number of quaternary nitrogens is 2. The van der Waals surface area contributed by atoms with Crippen LogP contribution in [0.1, 0.15) is 6.92 Å². The Hall–Kier alpha value is -0.200. The van der Waals surface area contributed by atoms with E-state index >= 15 is 0 Å². The van der Waals surface area contributed by atoms with Gasteiger partial charge < -0.3 is 13.9 Å². The van der Waals surface area contributed by atoms with Gasteiger partial charge in [0.1, 0.15) is 13.1 Å². The van der Waals surface area contributed by atoms with Crippen LogP contribution in [-0.4, -0.2) is 126 Å². The summed E-state index contributed by atoms with van der Waals surface area (Å²) in [6, 6.07) is 0. The number of hydrazine groups is 1. The zero-order chi connectivity index (χ0) is 16.7. The van der Waals surface area contributed by atoms with Gasteiger partial charge in [0.2, 0.25) is 0 Å². The van der Waals surface area contributed by atoms with E-state index in [0.29, 0.717) is 0 Å². The van der Waals surface area contributed by atoms with Gasteiger partial charge in [-0.2, -0.15) is 0 Å². The number of likely N-dealkylation sites (N-methyl/N-ethyl adjacent to an activating group) is 5. The molecule has 0 aliphatic rings. The third kappa shape index (κ3) is 11.1. The molecule has 0 saturated carbocycles. The molecule has 0 amide bonds. The summed E-state index contributed by atoms with van der Waals surface area (Å²) in [5, 5.41) is 4.84. The summed E-state index contributed by atoms with van der Waals surface area (Å²) in [6.45, 7) is 10.3. The van der Waals surface area contributed by atoms with Crippen LogP contribution < -0.4 is 0 Å². The molecule has 0 N–H and O–H groups in total. The fourth-order valence-electron chi connectivity index (χ4n) is 2.13. The van der Waals surface area contributed by atoms with Crippen molar-refractivity contribution in [1.29, 1.82) is 0 Å². The maximum Gasteiger partial charge on any atom is 0.128 e. The molecule has 0 heterocycles. The number of nitrogens with zero attached hydrogens (tertiary/aromatic N) is 5. The van der Waals surface area contributed by atoms with E-state index in [0.717, 1.165) is 35.1 Å². The molecule has 0 aromatic rings. The molecule has 5 heteroatoms. The first-order valence-corrected chi connectivity index (χ1v) is 8.20. The molecule has 0 aliphatic heterocycles. The Morgan fingerprint density at radius 1 is 0.714 bits per heavy atom. The lowest BCUT2D eigenvalue weighted by molar-refractivity contribution is -0.937. The number of hydrogen-bond acceptors (Lipinski definition) is 3. The Kier molecular flexibility index (Phi) is 8.97. The summed E-state index contributed by atoms with van der Waals surface area (Å²) in [4.78, 5) is 2.25. The van der Waals surface area contributed by atoms with E-state index < -0.39 is 0 Å². The van der Waals surface area contributed by atoms with Crippen LogP contribution in [0.25, 0.3) is 0 Å². The maximum atomic E-state index is 2.44. The molecular formula is C16H41N5+2. The minimum Gasteiger partial charge on any atom is -0.326 e. The van der Waals surface area contributed by atoms with Gasteiger partial charge in [0, 0.05) is 26.7 Å². The minimum atomic E-state index is 1.04. The van der Waals surface area contributed by atoms with E-state index in [1.807, 2.05) is 0 Å². The fourth-order valence-corrected chi connectivity index (χ4v) is 2.13. The second-order valence-corrected chi connectivity index (χ2v) is 8.13. The van der Waals surface area contributed by atoms with Gasteiger partial charge in [-0.25, -0.2) is 10.0 Å². The standard InChI is InChI=1S/C16H41N5/c1-10-19(12-11-17(2)3)18(4)13-14-21(8,9)16-15-20(5,6)7/h10-16H2,1-9H3/q+2. The maximum absolute atomic E-state index is 2.44. The average molecular weight is 304 g/mol. The quantitative estimate of drug-likeness (QED) is 0.406. The average Bonchev–Trinajstić information content (AvgIpc) is 2.34. The van der Waals surface area contributed by atoms with Crippen molar-refractivity contribution in [1.82, 2.24) is 14.9 Å². The minimum absolute atomic E-state index is 1.04. The zero-order valence-electron chi connectivity index (χ0n) is 16.2. The molecule has 5 nitrogen and oxygen atoms in total. The molecule has 21 heavy (non-hydrogen) atoms. The second-order valence-electron chi connectivity index (χ2n) is 8.13. The van der Waals surface area contributed by atoms with Crippen molar-refractivity contribution in [2.75, 3.05) is 102 Å². The monoisotopic (exact) mass is 303 g/mol. The molecule has 0 spiro atoms. The Labute approximate surface area is 133 Å². The van der Waals surface area contributed by atoms with Gasteiger partial charge >= 0.3 is 0 Å². The lowest BCUT2D eigenvalue weighted by atomic mass is 10.3. The van der Waals surface area contributed by atoms with Crippen molar-refractivity contribution in [3.05, 3.63) is 0 Å². The van der Waals surface area contributed by atoms with E-state index in [2.05, 4.69) is 78.2 Å². The number of rotatable bonds is 11. The normalized spacial score (nSPS) is 13.7. The lowest BCUT2D eigenvalue weighted by Gasteiger charge is -2.37. The van der Waals surface area contributed by atoms with E-state index in [4.69, 9.17) is 0 Å². The van der Waals surface area contributed by atoms with Gasteiger partial charge in [0.15, 0.2) is 0 Å². The molecule has 0 unspecified atom stereocenters. The topological polar surface area (TPSA) is 9.72 Å². The second kappa shape index (κ2) is 9.06. The summed E-state index contributed by atoms with van der Waals surface area (Å²) in [5.41, 5.74) is 0. The van der Waals surface area contributed by atoms with Crippen molar-refractivity contribution in [3.63, 3.8) is 0 Å². The van der Waals surface area contributed by atoms with Gasteiger partial charge in [0.05, 0.1) is 48.3 Å². The lowest BCUT2D eigenvalue weighted by Crippen LogP contribution is -2.53. The third-order valence-electron chi connectivity index (χ3n) is 4.06. The first-order chi connectivity index (χ1) is 9.47. The van der Waals surface area contributed by atoms with E-state index in [-0.39, 0.29) is 0 Å². The highest BCUT2D eigenvalue weighted by molar-refractivity contribution is 4.55. The van der Waals surface area contributed by atoms with Crippen molar-refractivity contribution < 1.29 is 8.97 Å². The molecule has 0 fully saturated rings. The molecule has 0 radical (unpaired) electrons. The summed E-state index contributed by atoms with van der Waals surface area (Å²) < 4.78 is 2.13. The zero-order valence-corrected chi connectivity index (χ0v) is 16.2. The van der Waals surface area contributed by atoms with Crippen LogP contribution in [0.15, 0.2) is 0 Å².